The molecule has 0 N–H and O–H groups in total. The van der Waals surface area contributed by atoms with E-state index in [1.165, 1.54) is 27.8 Å². The van der Waals surface area contributed by atoms with Crippen molar-refractivity contribution in [3.05, 3.63) is 258 Å². The molecule has 3 aromatic heterocycles. The van der Waals surface area contributed by atoms with Gasteiger partial charge in [0.1, 0.15) is 0 Å². The summed E-state index contributed by atoms with van der Waals surface area (Å²) in [5.74, 6) is 0. The standard InChI is InChI=1S/C63H45N5/c64-42-48-22-27-54(43-65)59(40-48)49-28-30-50(31-29-49)60-41-53(63-13-5-8-36-68-63)32-33-58(60)57-10-2-1-9-56(57)55-38-46(16-14-44-18-23-51(24-19-44)61-11-3-6-34-66-61)37-47(39-55)17-15-45-20-25-52(26-21-45)62-12-4-7-35-67-62/h1-13,18-41H,14-17H2. The Hall–Kier alpha value is -9.03. The van der Waals surface area contributed by atoms with E-state index < -0.39 is 0 Å². The van der Waals surface area contributed by atoms with Crippen molar-refractivity contribution in [2.45, 2.75) is 25.7 Å². The van der Waals surface area contributed by atoms with Crippen molar-refractivity contribution >= 4 is 0 Å². The highest BCUT2D eigenvalue weighted by Gasteiger charge is 2.17. The molecule has 68 heavy (non-hydrogen) atoms. The van der Waals surface area contributed by atoms with Crippen molar-refractivity contribution < 1.29 is 0 Å². The van der Waals surface area contributed by atoms with Crippen molar-refractivity contribution in [1.82, 2.24) is 15.0 Å². The SMILES string of the molecule is N#Cc1ccc(C#N)c(-c2ccc(-c3cc(-c4ccccn4)ccc3-c3ccccc3-c3cc(CCc4ccc(-c5ccccn5)cc4)cc(CCc4ccc(-c5ccccn5)cc4)c3)cc2)c1. The summed E-state index contributed by atoms with van der Waals surface area (Å²) in [6.45, 7) is 0. The molecular formula is C63H45N5. The maximum atomic E-state index is 9.94. The first kappa shape index (κ1) is 42.9. The highest BCUT2D eigenvalue weighted by atomic mass is 14.7. The Bertz CT molecular complexity index is 3320. The molecule has 0 aliphatic carbocycles. The Morgan fingerprint density at radius 2 is 0.750 bits per heavy atom. The number of pyridine rings is 3. The number of nitriles is 2. The fraction of sp³-hybridized carbons (Fsp3) is 0.0635. The van der Waals surface area contributed by atoms with Gasteiger partial charge in [-0.1, -0.05) is 146 Å². The summed E-state index contributed by atoms with van der Waals surface area (Å²) in [6, 6.07) is 76.2. The fourth-order valence-corrected chi connectivity index (χ4v) is 9.00. The Balaban J connectivity index is 1.02. The van der Waals surface area contributed by atoms with Crippen LogP contribution in [0.2, 0.25) is 0 Å². The van der Waals surface area contributed by atoms with Crippen molar-refractivity contribution in [1.29, 1.82) is 10.5 Å². The molecule has 3 heterocycles. The molecule has 0 aliphatic heterocycles. The van der Waals surface area contributed by atoms with Crippen LogP contribution in [-0.4, -0.2) is 15.0 Å². The molecule has 0 fully saturated rings. The molecule has 10 aromatic rings. The lowest BCUT2D eigenvalue weighted by molar-refractivity contribution is 0.931. The monoisotopic (exact) mass is 871 g/mol. The maximum Gasteiger partial charge on any atom is 0.0998 e. The molecule has 0 saturated heterocycles. The average molecular weight is 872 g/mol. The van der Waals surface area contributed by atoms with Gasteiger partial charge in [0, 0.05) is 40.8 Å². The van der Waals surface area contributed by atoms with Gasteiger partial charge < -0.3 is 0 Å². The predicted molar refractivity (Wildman–Crippen MR) is 275 cm³/mol. The third-order valence-corrected chi connectivity index (χ3v) is 12.6. The summed E-state index contributed by atoms with van der Waals surface area (Å²) < 4.78 is 0. The van der Waals surface area contributed by atoms with Gasteiger partial charge in [-0.15, -0.1) is 0 Å². The maximum absolute atomic E-state index is 9.94. The molecule has 0 bridgehead atoms. The van der Waals surface area contributed by atoms with E-state index in [1.807, 2.05) is 85.3 Å². The van der Waals surface area contributed by atoms with Crippen molar-refractivity contribution in [3.8, 4) is 90.4 Å². The first-order valence-corrected chi connectivity index (χ1v) is 22.9. The largest absolute Gasteiger partial charge is 0.256 e. The minimum Gasteiger partial charge on any atom is -0.256 e. The van der Waals surface area contributed by atoms with Crippen LogP contribution in [0.1, 0.15) is 33.4 Å². The molecule has 0 atom stereocenters. The third kappa shape index (κ3) is 9.65. The zero-order chi connectivity index (χ0) is 46.1. The van der Waals surface area contributed by atoms with E-state index in [9.17, 15) is 10.5 Å². The molecule has 322 valence electrons. The van der Waals surface area contributed by atoms with Crippen LogP contribution in [-0.2, 0) is 25.7 Å². The van der Waals surface area contributed by atoms with Gasteiger partial charge in [0.05, 0.1) is 40.3 Å². The Morgan fingerprint density at radius 3 is 1.26 bits per heavy atom. The lowest BCUT2D eigenvalue weighted by atomic mass is 9.86. The van der Waals surface area contributed by atoms with E-state index in [-0.39, 0.29) is 0 Å². The van der Waals surface area contributed by atoms with Crippen LogP contribution in [0.4, 0.5) is 0 Å². The van der Waals surface area contributed by atoms with Gasteiger partial charge >= 0.3 is 0 Å². The molecule has 0 spiro atoms. The van der Waals surface area contributed by atoms with Gasteiger partial charge in [-0.2, -0.15) is 10.5 Å². The van der Waals surface area contributed by atoms with Crippen LogP contribution in [0.25, 0.3) is 78.3 Å². The fourth-order valence-electron chi connectivity index (χ4n) is 9.00. The molecule has 5 nitrogen and oxygen atoms in total. The normalized spacial score (nSPS) is 10.9. The molecule has 10 rings (SSSR count). The lowest BCUT2D eigenvalue weighted by Crippen LogP contribution is -1.98. The number of hydrogen-bond donors (Lipinski definition) is 0. The summed E-state index contributed by atoms with van der Waals surface area (Å²) in [6.07, 6.45) is 9.11. The van der Waals surface area contributed by atoms with Crippen LogP contribution in [0.5, 0.6) is 0 Å². The lowest BCUT2D eigenvalue weighted by Gasteiger charge is -2.18. The zero-order valence-corrected chi connectivity index (χ0v) is 37.4. The zero-order valence-electron chi connectivity index (χ0n) is 37.4. The summed E-state index contributed by atoms with van der Waals surface area (Å²) in [5, 5.41) is 19.6. The molecule has 7 aromatic carbocycles. The molecular weight excluding hydrogens is 827 g/mol. The van der Waals surface area contributed by atoms with Crippen LogP contribution in [0, 0.1) is 22.7 Å². The summed E-state index contributed by atoms with van der Waals surface area (Å²) in [4.78, 5) is 13.8. The second-order valence-corrected chi connectivity index (χ2v) is 16.9. The minimum absolute atomic E-state index is 0.516. The van der Waals surface area contributed by atoms with Crippen LogP contribution >= 0.6 is 0 Å². The first-order valence-electron chi connectivity index (χ1n) is 22.9. The van der Waals surface area contributed by atoms with E-state index in [2.05, 4.69) is 143 Å². The van der Waals surface area contributed by atoms with Crippen LogP contribution in [0.15, 0.2) is 225 Å². The summed E-state index contributed by atoms with van der Waals surface area (Å²) in [7, 11) is 0. The number of rotatable bonds is 13. The van der Waals surface area contributed by atoms with Crippen LogP contribution < -0.4 is 0 Å². The molecule has 5 heteroatoms. The topological polar surface area (TPSA) is 86.2 Å². The van der Waals surface area contributed by atoms with Gasteiger partial charge in [0.2, 0.25) is 0 Å². The van der Waals surface area contributed by atoms with E-state index in [1.54, 1.807) is 18.2 Å². The Morgan fingerprint density at radius 1 is 0.294 bits per heavy atom. The van der Waals surface area contributed by atoms with Gasteiger partial charge in [-0.25, -0.2) is 0 Å². The van der Waals surface area contributed by atoms with Gasteiger partial charge in [-0.05, 0) is 148 Å². The van der Waals surface area contributed by atoms with Gasteiger partial charge in [0.25, 0.3) is 0 Å². The molecule has 0 amide bonds. The number of hydrogen-bond acceptors (Lipinski definition) is 5. The van der Waals surface area contributed by atoms with Crippen molar-refractivity contribution in [2.24, 2.45) is 0 Å². The minimum atomic E-state index is 0.516. The third-order valence-electron chi connectivity index (χ3n) is 12.6. The molecule has 0 aliphatic rings. The van der Waals surface area contributed by atoms with E-state index in [0.717, 1.165) is 98.4 Å². The van der Waals surface area contributed by atoms with E-state index in [4.69, 9.17) is 4.98 Å². The highest BCUT2D eigenvalue weighted by molar-refractivity contribution is 5.94. The second-order valence-electron chi connectivity index (χ2n) is 16.9. The first-order chi connectivity index (χ1) is 33.6. The highest BCUT2D eigenvalue weighted by Crippen LogP contribution is 2.41. The second kappa shape index (κ2) is 20.0. The molecule has 0 saturated carbocycles. The quantitative estimate of drug-likeness (QED) is 0.115. The average Bonchev–Trinajstić information content (AvgIpc) is 3.42. The molecule has 0 unspecified atom stereocenters. The number of nitrogens with zero attached hydrogens (tertiary/aromatic N) is 5. The predicted octanol–water partition coefficient (Wildman–Crippen LogP) is 14.9. The Labute approximate surface area is 398 Å². The summed E-state index contributed by atoms with van der Waals surface area (Å²) >= 11 is 0. The van der Waals surface area contributed by atoms with Crippen molar-refractivity contribution in [2.75, 3.05) is 0 Å². The number of benzene rings is 7. The van der Waals surface area contributed by atoms with Crippen molar-refractivity contribution in [3.63, 3.8) is 0 Å². The number of aromatic nitrogens is 3. The Kier molecular flexibility index (Phi) is 12.6. The smallest absolute Gasteiger partial charge is 0.0998 e. The van der Waals surface area contributed by atoms with Gasteiger partial charge in [0.15, 0.2) is 0 Å². The number of aryl methyl sites for hydroxylation is 4. The van der Waals surface area contributed by atoms with E-state index in [0.29, 0.717) is 11.1 Å². The summed E-state index contributed by atoms with van der Waals surface area (Å²) in [5.41, 5.74) is 20.6. The molecule has 0 radical (unpaired) electrons. The van der Waals surface area contributed by atoms with Gasteiger partial charge in [-0.3, -0.25) is 15.0 Å². The van der Waals surface area contributed by atoms with Crippen LogP contribution in [0.3, 0.4) is 0 Å². The van der Waals surface area contributed by atoms with E-state index >= 15 is 0 Å².